The number of hydrogen-bond donors (Lipinski definition) is 3. The van der Waals surface area contributed by atoms with E-state index in [0.717, 1.165) is 18.2 Å². The van der Waals surface area contributed by atoms with E-state index in [9.17, 15) is 18.9 Å². The molecular weight excluding hydrogens is 437 g/mol. The lowest BCUT2D eigenvalue weighted by Crippen LogP contribution is -2.48. The van der Waals surface area contributed by atoms with E-state index in [1.807, 2.05) is 0 Å². The molecule has 0 aromatic carbocycles. The Kier molecular flexibility index (Phi) is 11.3. The molecule has 0 aromatic rings. The van der Waals surface area contributed by atoms with Crippen LogP contribution in [-0.4, -0.2) is 54.2 Å². The Balaban J connectivity index is 5.44. The van der Waals surface area contributed by atoms with Gasteiger partial charge in [-0.05, 0) is 59.8 Å². The van der Waals surface area contributed by atoms with Gasteiger partial charge in [0.2, 0.25) is 17.7 Å². The van der Waals surface area contributed by atoms with Crippen LogP contribution < -0.4 is 16.0 Å². The Morgan fingerprint density at radius 3 is 1.06 bits per heavy atom. The van der Waals surface area contributed by atoms with Crippen molar-refractivity contribution >= 4 is 25.5 Å². The SMILES string of the molecule is C=CC(=O)NC(C)(C)COP(=O)(OCC(C)(C)NC(=O)C=C)OCC(C)(C)NC(=O)C=C. The Morgan fingerprint density at radius 1 is 0.656 bits per heavy atom. The molecule has 0 heterocycles. The molecule has 0 aliphatic carbocycles. The third-order valence-electron chi connectivity index (χ3n) is 3.69. The smallest absolute Gasteiger partial charge is 0.345 e. The fourth-order valence-corrected chi connectivity index (χ4v) is 3.76. The molecule has 3 amide bonds. The van der Waals surface area contributed by atoms with Crippen molar-refractivity contribution in [3.05, 3.63) is 38.0 Å². The number of carbonyl (C=O) groups is 3. The highest BCUT2D eigenvalue weighted by atomic mass is 31.2. The van der Waals surface area contributed by atoms with Crippen LogP contribution in [0.25, 0.3) is 0 Å². The van der Waals surface area contributed by atoms with Crippen LogP contribution >= 0.6 is 7.82 Å². The summed E-state index contributed by atoms with van der Waals surface area (Å²) in [4.78, 5) is 34.8. The molecule has 10 nitrogen and oxygen atoms in total. The van der Waals surface area contributed by atoms with E-state index in [-0.39, 0.29) is 19.8 Å². The van der Waals surface area contributed by atoms with Gasteiger partial charge in [0.25, 0.3) is 0 Å². The largest absolute Gasteiger partial charge is 0.475 e. The van der Waals surface area contributed by atoms with Gasteiger partial charge >= 0.3 is 7.82 Å². The highest BCUT2D eigenvalue weighted by molar-refractivity contribution is 7.48. The fourth-order valence-electron chi connectivity index (χ4n) is 2.09. The molecular formula is C21H36N3O7P. The third-order valence-corrected chi connectivity index (χ3v) is 5.03. The first-order valence-electron chi connectivity index (χ1n) is 9.86. The Hall–Kier alpha value is -2.26. The van der Waals surface area contributed by atoms with Gasteiger partial charge in [-0.1, -0.05) is 19.7 Å². The van der Waals surface area contributed by atoms with E-state index in [0.29, 0.717) is 0 Å². The molecule has 0 radical (unpaired) electrons. The van der Waals surface area contributed by atoms with Gasteiger partial charge in [0, 0.05) is 0 Å². The van der Waals surface area contributed by atoms with Gasteiger partial charge in [0.05, 0.1) is 36.4 Å². The summed E-state index contributed by atoms with van der Waals surface area (Å²) in [6.45, 7) is 19.4. The normalized spacial score (nSPS) is 12.4. The molecule has 0 bridgehead atoms. The Labute approximate surface area is 190 Å². The van der Waals surface area contributed by atoms with Crippen molar-refractivity contribution in [2.45, 2.75) is 58.2 Å². The van der Waals surface area contributed by atoms with Crippen LogP contribution in [-0.2, 0) is 32.5 Å². The summed E-state index contributed by atoms with van der Waals surface area (Å²) in [7, 11) is -4.20. The molecule has 0 saturated carbocycles. The van der Waals surface area contributed by atoms with Crippen LogP contribution in [0.1, 0.15) is 41.5 Å². The Morgan fingerprint density at radius 2 is 0.875 bits per heavy atom. The van der Waals surface area contributed by atoms with Gasteiger partial charge in [0.15, 0.2) is 0 Å². The van der Waals surface area contributed by atoms with E-state index in [4.69, 9.17) is 13.6 Å². The van der Waals surface area contributed by atoms with Crippen LogP contribution in [0.5, 0.6) is 0 Å². The second-order valence-electron chi connectivity index (χ2n) is 9.00. The number of nitrogens with one attached hydrogen (secondary N) is 3. The second kappa shape index (κ2) is 12.1. The molecule has 0 unspecified atom stereocenters. The Bertz CT molecular complexity index is 676. The van der Waals surface area contributed by atoms with Crippen molar-refractivity contribution in [2.24, 2.45) is 0 Å². The van der Waals surface area contributed by atoms with E-state index in [2.05, 4.69) is 35.7 Å². The predicted molar refractivity (Wildman–Crippen MR) is 123 cm³/mol. The molecule has 0 aliphatic rings. The summed E-state index contributed by atoms with van der Waals surface area (Å²) in [5.41, 5.74) is -2.77. The molecule has 0 fully saturated rings. The number of phosphoric ester groups is 1. The molecule has 182 valence electrons. The summed E-state index contributed by atoms with van der Waals surface area (Å²) < 4.78 is 29.8. The topological polar surface area (TPSA) is 132 Å². The van der Waals surface area contributed by atoms with Gasteiger partial charge < -0.3 is 16.0 Å². The van der Waals surface area contributed by atoms with Crippen LogP contribution in [0.4, 0.5) is 0 Å². The zero-order valence-corrected chi connectivity index (χ0v) is 20.7. The van der Waals surface area contributed by atoms with Gasteiger partial charge in [-0.15, -0.1) is 0 Å². The number of hydrogen-bond acceptors (Lipinski definition) is 7. The number of rotatable bonds is 15. The summed E-state index contributed by atoms with van der Waals surface area (Å²) in [5, 5.41) is 7.92. The van der Waals surface area contributed by atoms with Crippen molar-refractivity contribution in [1.82, 2.24) is 16.0 Å². The molecule has 0 aromatic heterocycles. The molecule has 0 atom stereocenters. The summed E-state index contributed by atoms with van der Waals surface area (Å²) in [5.74, 6) is -1.30. The number of amides is 3. The van der Waals surface area contributed by atoms with Gasteiger partial charge in [0.1, 0.15) is 0 Å². The maximum absolute atomic E-state index is 13.4. The van der Waals surface area contributed by atoms with Crippen molar-refractivity contribution in [1.29, 1.82) is 0 Å². The first-order chi connectivity index (χ1) is 14.5. The predicted octanol–water partition coefficient (Wildman–Crippen LogP) is 2.39. The standard InChI is InChI=1S/C21H36N3O7P/c1-10-16(25)22-19(4,5)13-29-32(28,30-14-20(6,7)23-17(26)11-2)31-15-21(8,9)24-18(27)12-3/h10-12H,1-3,13-15H2,4-9H3,(H,22,25)(H,23,26)(H,24,27). The van der Waals surface area contributed by atoms with Gasteiger partial charge in [-0.2, -0.15) is 0 Å². The zero-order chi connectivity index (χ0) is 25.2. The first-order valence-corrected chi connectivity index (χ1v) is 11.3. The van der Waals surface area contributed by atoms with Crippen molar-refractivity contribution < 1.29 is 32.5 Å². The lowest BCUT2D eigenvalue weighted by atomic mass is 10.1. The molecule has 0 saturated heterocycles. The number of carbonyl (C=O) groups excluding carboxylic acids is 3. The minimum Gasteiger partial charge on any atom is -0.345 e. The first kappa shape index (κ1) is 29.7. The molecule has 0 rings (SSSR count). The maximum atomic E-state index is 13.4. The van der Waals surface area contributed by atoms with Crippen molar-refractivity contribution in [2.75, 3.05) is 19.8 Å². The van der Waals surface area contributed by atoms with Crippen LogP contribution in [0.3, 0.4) is 0 Å². The quantitative estimate of drug-likeness (QED) is 0.246. The molecule has 0 aliphatic heterocycles. The van der Waals surface area contributed by atoms with Crippen LogP contribution in [0.2, 0.25) is 0 Å². The zero-order valence-electron chi connectivity index (χ0n) is 19.8. The van der Waals surface area contributed by atoms with Crippen molar-refractivity contribution in [3.8, 4) is 0 Å². The molecule has 11 heteroatoms. The van der Waals surface area contributed by atoms with Gasteiger partial charge in [-0.3, -0.25) is 28.0 Å². The molecule has 3 N–H and O–H groups in total. The van der Waals surface area contributed by atoms with E-state index in [1.165, 1.54) is 0 Å². The highest BCUT2D eigenvalue weighted by Crippen LogP contribution is 2.51. The van der Waals surface area contributed by atoms with E-state index < -0.39 is 42.2 Å². The third kappa shape index (κ3) is 12.6. The second-order valence-corrected chi connectivity index (χ2v) is 10.7. The summed E-state index contributed by atoms with van der Waals surface area (Å²) in [6.07, 6.45) is 3.30. The molecule has 0 spiro atoms. The summed E-state index contributed by atoms with van der Waals surface area (Å²) in [6, 6.07) is 0. The van der Waals surface area contributed by atoms with Crippen LogP contribution in [0.15, 0.2) is 38.0 Å². The number of phosphoric acid groups is 1. The van der Waals surface area contributed by atoms with Crippen LogP contribution in [0, 0.1) is 0 Å². The maximum Gasteiger partial charge on any atom is 0.475 e. The fraction of sp³-hybridized carbons (Fsp3) is 0.571. The lowest BCUT2D eigenvalue weighted by Gasteiger charge is -2.32. The minimum atomic E-state index is -4.20. The average molecular weight is 474 g/mol. The van der Waals surface area contributed by atoms with E-state index >= 15 is 0 Å². The van der Waals surface area contributed by atoms with E-state index in [1.54, 1.807) is 41.5 Å². The monoisotopic (exact) mass is 473 g/mol. The molecule has 32 heavy (non-hydrogen) atoms. The lowest BCUT2D eigenvalue weighted by molar-refractivity contribution is -0.119. The summed E-state index contributed by atoms with van der Waals surface area (Å²) >= 11 is 0. The van der Waals surface area contributed by atoms with Crippen molar-refractivity contribution in [3.63, 3.8) is 0 Å². The minimum absolute atomic E-state index is 0.219. The van der Waals surface area contributed by atoms with Gasteiger partial charge in [-0.25, -0.2) is 4.57 Å². The average Bonchev–Trinajstić information content (AvgIpc) is 2.68. The highest BCUT2D eigenvalue weighted by Gasteiger charge is 2.36.